The summed E-state index contributed by atoms with van der Waals surface area (Å²) in [6, 6.07) is 6.91. The Balaban J connectivity index is 2.02. The van der Waals surface area contributed by atoms with Crippen LogP contribution in [0, 0.1) is 6.92 Å². The zero-order chi connectivity index (χ0) is 12.3. The number of ether oxygens (including phenoxy) is 1. The molecule has 2 rings (SSSR count). The lowest BCUT2D eigenvalue weighted by Gasteiger charge is -2.24. The summed E-state index contributed by atoms with van der Waals surface area (Å²) in [5, 5.41) is 0. The molecule has 0 amide bonds. The molecule has 0 bridgehead atoms. The fourth-order valence-electron chi connectivity index (χ4n) is 2.56. The summed E-state index contributed by atoms with van der Waals surface area (Å²) >= 11 is 0. The molecule has 2 N–H and O–H groups in total. The maximum atomic E-state index is 5.84. The molecule has 0 radical (unpaired) electrons. The number of nitrogens with zero attached hydrogens (tertiary/aromatic N) is 1. The van der Waals surface area contributed by atoms with Crippen LogP contribution < -0.4 is 5.73 Å². The van der Waals surface area contributed by atoms with Crippen LogP contribution in [0.5, 0.6) is 0 Å². The van der Waals surface area contributed by atoms with E-state index in [9.17, 15) is 0 Å². The fraction of sp³-hybridized carbons (Fsp3) is 0.571. The van der Waals surface area contributed by atoms with Crippen LogP contribution >= 0.6 is 0 Å². The zero-order valence-corrected chi connectivity index (χ0v) is 10.8. The van der Waals surface area contributed by atoms with Crippen molar-refractivity contribution in [2.45, 2.75) is 32.4 Å². The van der Waals surface area contributed by atoms with E-state index in [-0.39, 0.29) is 0 Å². The number of anilines is 1. The third kappa shape index (κ3) is 2.99. The summed E-state index contributed by atoms with van der Waals surface area (Å²) < 4.78 is 5.27. The molecule has 1 aromatic rings. The normalized spacial score (nSPS) is 20.9. The number of hydrogen-bond donors (Lipinski definition) is 1. The van der Waals surface area contributed by atoms with Crippen LogP contribution in [0.4, 0.5) is 5.69 Å². The smallest absolute Gasteiger partial charge is 0.0618 e. The van der Waals surface area contributed by atoms with Crippen molar-refractivity contribution in [2.75, 3.05) is 26.0 Å². The van der Waals surface area contributed by atoms with Gasteiger partial charge in [-0.3, -0.25) is 4.90 Å². The van der Waals surface area contributed by atoms with E-state index in [1.54, 1.807) is 7.11 Å². The predicted octanol–water partition coefficient (Wildman–Crippen LogP) is 2.19. The van der Waals surface area contributed by atoms with Gasteiger partial charge in [0, 0.05) is 25.4 Å². The Kier molecular flexibility index (Phi) is 4.02. The molecule has 94 valence electrons. The van der Waals surface area contributed by atoms with Crippen molar-refractivity contribution in [3.05, 3.63) is 29.3 Å². The van der Waals surface area contributed by atoms with Crippen molar-refractivity contribution in [1.82, 2.24) is 4.90 Å². The van der Waals surface area contributed by atoms with Gasteiger partial charge < -0.3 is 10.5 Å². The topological polar surface area (TPSA) is 38.5 Å². The molecule has 0 unspecified atom stereocenters. The minimum absolute atomic E-state index is 0.581. The van der Waals surface area contributed by atoms with Crippen LogP contribution in [-0.4, -0.2) is 31.2 Å². The van der Waals surface area contributed by atoms with Crippen LogP contribution in [0.15, 0.2) is 18.2 Å². The van der Waals surface area contributed by atoms with Crippen molar-refractivity contribution in [1.29, 1.82) is 0 Å². The van der Waals surface area contributed by atoms with Crippen molar-refractivity contribution < 1.29 is 4.74 Å². The summed E-state index contributed by atoms with van der Waals surface area (Å²) in [5.41, 5.74) is 9.23. The lowest BCUT2D eigenvalue weighted by molar-refractivity contribution is 0.112. The van der Waals surface area contributed by atoms with Gasteiger partial charge in [-0.05, 0) is 43.5 Å². The molecule has 1 aromatic carbocycles. The molecule has 0 saturated carbocycles. The number of aryl methyl sites for hydroxylation is 1. The lowest BCUT2D eigenvalue weighted by Crippen LogP contribution is -2.32. The Morgan fingerprint density at radius 2 is 2.29 bits per heavy atom. The third-order valence-corrected chi connectivity index (χ3v) is 3.58. The Morgan fingerprint density at radius 1 is 1.47 bits per heavy atom. The SMILES string of the molecule is COC[C@H]1CCCN1Cc1ccc(N)c(C)c1. The van der Waals surface area contributed by atoms with Crippen molar-refractivity contribution in [2.24, 2.45) is 0 Å². The standard InChI is InChI=1S/C14H22N2O/c1-11-8-12(5-6-14(11)15)9-16-7-3-4-13(16)10-17-2/h5-6,8,13H,3-4,7,9-10,15H2,1-2H3/t13-/m1/s1. The molecule has 3 nitrogen and oxygen atoms in total. The first-order chi connectivity index (χ1) is 8.20. The monoisotopic (exact) mass is 234 g/mol. The number of rotatable bonds is 4. The molecule has 1 fully saturated rings. The number of hydrogen-bond acceptors (Lipinski definition) is 3. The third-order valence-electron chi connectivity index (χ3n) is 3.58. The van der Waals surface area contributed by atoms with E-state index >= 15 is 0 Å². The molecule has 1 aliphatic heterocycles. The maximum absolute atomic E-state index is 5.84. The van der Waals surface area contributed by atoms with Crippen LogP contribution in [0.2, 0.25) is 0 Å². The lowest BCUT2D eigenvalue weighted by atomic mass is 10.1. The molecular formula is C14H22N2O. The first kappa shape index (κ1) is 12.4. The molecule has 0 aromatic heterocycles. The van der Waals surface area contributed by atoms with Gasteiger partial charge in [0.15, 0.2) is 0 Å². The highest BCUT2D eigenvalue weighted by molar-refractivity contribution is 5.47. The minimum atomic E-state index is 0.581. The van der Waals surface area contributed by atoms with Crippen molar-refractivity contribution in [3.63, 3.8) is 0 Å². The van der Waals surface area contributed by atoms with Crippen LogP contribution in [-0.2, 0) is 11.3 Å². The van der Waals surface area contributed by atoms with Gasteiger partial charge in [-0.1, -0.05) is 12.1 Å². The fourth-order valence-corrected chi connectivity index (χ4v) is 2.56. The summed E-state index contributed by atoms with van der Waals surface area (Å²) in [4.78, 5) is 2.51. The van der Waals surface area contributed by atoms with Gasteiger partial charge >= 0.3 is 0 Å². The van der Waals surface area contributed by atoms with E-state index in [1.807, 2.05) is 6.07 Å². The van der Waals surface area contributed by atoms with Gasteiger partial charge in [0.25, 0.3) is 0 Å². The van der Waals surface area contributed by atoms with Crippen molar-refractivity contribution >= 4 is 5.69 Å². The second kappa shape index (κ2) is 5.52. The highest BCUT2D eigenvalue weighted by Gasteiger charge is 2.24. The Hall–Kier alpha value is -1.06. The summed E-state index contributed by atoms with van der Waals surface area (Å²) in [5.74, 6) is 0. The number of nitrogens with two attached hydrogens (primary N) is 1. The molecular weight excluding hydrogens is 212 g/mol. The van der Waals surface area contributed by atoms with Gasteiger partial charge in [-0.15, -0.1) is 0 Å². The van der Waals surface area contributed by atoms with Crippen LogP contribution in [0.1, 0.15) is 24.0 Å². The summed E-state index contributed by atoms with van der Waals surface area (Å²) in [7, 11) is 1.78. The molecule has 1 atom stereocenters. The molecule has 17 heavy (non-hydrogen) atoms. The highest BCUT2D eigenvalue weighted by Crippen LogP contribution is 2.21. The largest absolute Gasteiger partial charge is 0.399 e. The predicted molar refractivity (Wildman–Crippen MR) is 70.9 cm³/mol. The van der Waals surface area contributed by atoms with Gasteiger partial charge in [-0.2, -0.15) is 0 Å². The van der Waals surface area contributed by atoms with E-state index in [0.29, 0.717) is 6.04 Å². The van der Waals surface area contributed by atoms with Crippen LogP contribution in [0.25, 0.3) is 0 Å². The quantitative estimate of drug-likeness (QED) is 0.812. The van der Waals surface area contributed by atoms with Gasteiger partial charge in [0.2, 0.25) is 0 Å². The van der Waals surface area contributed by atoms with Gasteiger partial charge in [0.1, 0.15) is 0 Å². The second-order valence-electron chi connectivity index (χ2n) is 4.91. The average Bonchev–Trinajstić information content (AvgIpc) is 2.72. The molecule has 1 heterocycles. The molecule has 0 spiro atoms. The highest BCUT2D eigenvalue weighted by atomic mass is 16.5. The number of nitrogen functional groups attached to an aromatic ring is 1. The summed E-state index contributed by atoms with van der Waals surface area (Å²) in [6.45, 7) is 5.09. The molecule has 0 aliphatic carbocycles. The number of benzene rings is 1. The average molecular weight is 234 g/mol. The van der Waals surface area contributed by atoms with Gasteiger partial charge in [0.05, 0.1) is 6.61 Å². The number of likely N-dealkylation sites (tertiary alicyclic amines) is 1. The molecule has 1 aliphatic rings. The van der Waals surface area contributed by atoms with E-state index < -0.39 is 0 Å². The zero-order valence-electron chi connectivity index (χ0n) is 10.8. The Morgan fingerprint density at radius 3 is 3.00 bits per heavy atom. The van der Waals surface area contributed by atoms with Gasteiger partial charge in [-0.25, -0.2) is 0 Å². The van der Waals surface area contributed by atoms with Crippen LogP contribution in [0.3, 0.4) is 0 Å². The number of methoxy groups -OCH3 is 1. The first-order valence-electron chi connectivity index (χ1n) is 6.28. The molecule has 1 saturated heterocycles. The summed E-state index contributed by atoms with van der Waals surface area (Å²) in [6.07, 6.45) is 2.53. The molecule has 3 heteroatoms. The first-order valence-corrected chi connectivity index (χ1v) is 6.28. The maximum Gasteiger partial charge on any atom is 0.0618 e. The Bertz CT molecular complexity index is 378. The van der Waals surface area contributed by atoms with E-state index in [2.05, 4.69) is 24.0 Å². The van der Waals surface area contributed by atoms with E-state index in [4.69, 9.17) is 10.5 Å². The van der Waals surface area contributed by atoms with Crippen molar-refractivity contribution in [3.8, 4) is 0 Å². The Labute approximate surface area is 104 Å². The second-order valence-corrected chi connectivity index (χ2v) is 4.91. The minimum Gasteiger partial charge on any atom is -0.399 e. The van der Waals surface area contributed by atoms with E-state index in [1.165, 1.54) is 30.5 Å². The van der Waals surface area contributed by atoms with E-state index in [0.717, 1.165) is 18.8 Å².